The number of hydrogen-bond acceptors (Lipinski definition) is 5. The number of hydrogen-bond donors (Lipinski definition) is 4. The highest BCUT2D eigenvalue weighted by atomic mass is 31.2. The molecule has 0 aromatic heterocycles. The van der Waals surface area contributed by atoms with Crippen LogP contribution in [0.3, 0.4) is 0 Å². The lowest BCUT2D eigenvalue weighted by Crippen LogP contribution is -2.36. The molecule has 0 aromatic rings. The molecular formula is C5H10BO7P. The summed E-state index contributed by atoms with van der Waals surface area (Å²) in [5, 5.41) is 18.0. The molecule has 1 aliphatic rings. The first-order valence-corrected chi connectivity index (χ1v) is 5.32. The maximum atomic E-state index is 10.5. The predicted molar refractivity (Wildman–Crippen MR) is 44.4 cm³/mol. The average Bonchev–Trinajstić information content (AvgIpc) is 2.30. The summed E-state index contributed by atoms with van der Waals surface area (Å²) in [7, 11) is 0.501. The molecule has 2 radical (unpaired) electrons. The average molecular weight is 224 g/mol. The molecule has 1 fully saturated rings. The molecule has 0 amide bonds. The molecule has 1 aliphatic heterocycles. The minimum atomic E-state index is -4.74. The number of phosphoric ester groups is 1. The predicted octanol–water partition coefficient (Wildman–Crippen LogP) is -2.29. The molecule has 4 N–H and O–H groups in total. The zero-order valence-corrected chi connectivity index (χ0v) is 7.95. The Bertz CT molecular complexity index is 242. The maximum absolute atomic E-state index is 10.5. The van der Waals surface area contributed by atoms with E-state index in [0.29, 0.717) is 0 Å². The molecule has 4 atom stereocenters. The molecule has 80 valence electrons. The van der Waals surface area contributed by atoms with E-state index in [1.807, 2.05) is 0 Å². The van der Waals surface area contributed by atoms with E-state index >= 15 is 0 Å². The van der Waals surface area contributed by atoms with Crippen molar-refractivity contribution >= 4 is 15.7 Å². The third-order valence-electron chi connectivity index (χ3n) is 1.81. The third-order valence-corrected chi connectivity index (χ3v) is 2.33. The van der Waals surface area contributed by atoms with E-state index in [1.54, 1.807) is 0 Å². The van der Waals surface area contributed by atoms with E-state index < -0.39 is 38.7 Å². The van der Waals surface area contributed by atoms with Gasteiger partial charge in [-0.3, -0.25) is 4.52 Å². The van der Waals surface area contributed by atoms with Crippen LogP contribution in [0, 0.1) is 0 Å². The van der Waals surface area contributed by atoms with E-state index in [2.05, 4.69) is 4.52 Å². The van der Waals surface area contributed by atoms with Crippen molar-refractivity contribution in [2.45, 2.75) is 24.3 Å². The molecular weight excluding hydrogens is 214 g/mol. The van der Waals surface area contributed by atoms with Gasteiger partial charge in [0.25, 0.3) is 0 Å². The maximum Gasteiger partial charge on any atom is 0.470 e. The first-order valence-electron chi connectivity index (χ1n) is 3.79. The normalized spacial score (nSPS) is 38.9. The molecule has 0 spiro atoms. The summed E-state index contributed by atoms with van der Waals surface area (Å²) >= 11 is 0. The summed E-state index contributed by atoms with van der Waals surface area (Å²) < 4.78 is 19.5. The summed E-state index contributed by atoms with van der Waals surface area (Å²) in [4.78, 5) is 17.0. The minimum absolute atomic E-state index is 0.546. The van der Waals surface area contributed by atoms with Crippen LogP contribution in [0.1, 0.15) is 0 Å². The van der Waals surface area contributed by atoms with Crippen LogP contribution in [-0.2, 0) is 13.8 Å². The van der Waals surface area contributed by atoms with Crippen LogP contribution in [0.15, 0.2) is 0 Å². The largest absolute Gasteiger partial charge is 0.470 e. The summed E-state index contributed by atoms with van der Waals surface area (Å²) in [5.41, 5.74) is 0. The Morgan fingerprint density at radius 3 is 2.50 bits per heavy atom. The molecule has 0 aromatic carbocycles. The van der Waals surface area contributed by atoms with Crippen molar-refractivity contribution in [3.8, 4) is 0 Å². The van der Waals surface area contributed by atoms with E-state index in [4.69, 9.17) is 27.5 Å². The highest BCUT2D eigenvalue weighted by molar-refractivity contribution is 7.46. The third kappa shape index (κ3) is 2.77. The van der Waals surface area contributed by atoms with Gasteiger partial charge in [-0.25, -0.2) is 4.57 Å². The molecule has 9 heteroatoms. The number of phosphoric acid groups is 1. The van der Waals surface area contributed by atoms with Gasteiger partial charge in [-0.1, -0.05) is 0 Å². The van der Waals surface area contributed by atoms with Crippen molar-refractivity contribution < 1.29 is 33.8 Å². The number of aliphatic hydroxyl groups excluding tert-OH is 2. The van der Waals surface area contributed by atoms with Gasteiger partial charge in [-0.2, -0.15) is 0 Å². The van der Waals surface area contributed by atoms with E-state index in [1.165, 1.54) is 0 Å². The van der Waals surface area contributed by atoms with Crippen molar-refractivity contribution in [1.29, 1.82) is 0 Å². The lowest BCUT2D eigenvalue weighted by atomic mass is 9.93. The minimum Gasteiger partial charge on any atom is -0.394 e. The Morgan fingerprint density at radius 2 is 2.07 bits per heavy atom. The molecule has 14 heavy (non-hydrogen) atoms. The zero-order valence-electron chi connectivity index (χ0n) is 7.05. The SMILES string of the molecule is [B][C@@H]1O[C@H](CO)C(OP(=O)(O)O)C1O. The standard InChI is InChI=1S/C5H10BO7P/c6-5-3(8)4(2(1-7)12-5)13-14(9,10)11/h2-5,7-8H,1H2,(H2,9,10,11)/t2-,3?,4?,5-/m1/s1. The molecule has 0 saturated carbocycles. The van der Waals surface area contributed by atoms with Gasteiger partial charge in [-0.05, 0) is 0 Å². The first-order chi connectivity index (χ1) is 6.35. The smallest absolute Gasteiger partial charge is 0.394 e. The topological polar surface area (TPSA) is 116 Å². The highest BCUT2D eigenvalue weighted by Gasteiger charge is 2.44. The molecule has 1 heterocycles. The monoisotopic (exact) mass is 224 g/mol. The second kappa shape index (κ2) is 4.28. The van der Waals surface area contributed by atoms with Crippen LogP contribution in [0.4, 0.5) is 0 Å². The number of aliphatic hydroxyl groups is 2. The number of rotatable bonds is 3. The Morgan fingerprint density at radius 1 is 1.50 bits per heavy atom. The van der Waals surface area contributed by atoms with Crippen molar-refractivity contribution in [2.24, 2.45) is 0 Å². The first kappa shape index (κ1) is 12.1. The lowest BCUT2D eigenvalue weighted by molar-refractivity contribution is -0.00875. The van der Waals surface area contributed by atoms with Crippen molar-refractivity contribution in [3.63, 3.8) is 0 Å². The Balaban J connectivity index is 2.69. The fraction of sp³-hybridized carbons (Fsp3) is 1.00. The van der Waals surface area contributed by atoms with Crippen LogP contribution in [0.2, 0.25) is 0 Å². The van der Waals surface area contributed by atoms with E-state index in [-0.39, 0.29) is 0 Å². The fourth-order valence-corrected chi connectivity index (χ4v) is 1.78. The van der Waals surface area contributed by atoms with E-state index in [9.17, 15) is 9.67 Å². The van der Waals surface area contributed by atoms with Gasteiger partial charge in [0.05, 0.1) is 6.61 Å². The van der Waals surface area contributed by atoms with Crippen LogP contribution >= 0.6 is 7.82 Å². The molecule has 7 nitrogen and oxygen atoms in total. The van der Waals surface area contributed by atoms with Gasteiger partial charge in [-0.15, -0.1) is 0 Å². The number of ether oxygens (including phenoxy) is 1. The quantitative estimate of drug-likeness (QED) is 0.315. The molecule has 1 rings (SSSR count). The van der Waals surface area contributed by atoms with Gasteiger partial charge >= 0.3 is 7.82 Å². The summed E-state index contributed by atoms with van der Waals surface area (Å²) in [6.07, 6.45) is -3.73. The Labute approximate surface area is 81.3 Å². The molecule has 2 unspecified atom stereocenters. The second-order valence-electron chi connectivity index (χ2n) is 2.87. The second-order valence-corrected chi connectivity index (χ2v) is 4.06. The summed E-state index contributed by atoms with van der Waals surface area (Å²) in [6.45, 7) is -0.546. The fourth-order valence-electron chi connectivity index (χ4n) is 1.20. The van der Waals surface area contributed by atoms with Gasteiger partial charge in [0.2, 0.25) is 0 Å². The summed E-state index contributed by atoms with van der Waals surface area (Å²) in [5.74, 6) is 0. The van der Waals surface area contributed by atoms with Crippen molar-refractivity contribution in [2.75, 3.05) is 6.61 Å². The molecule has 0 bridgehead atoms. The van der Waals surface area contributed by atoms with Crippen LogP contribution in [0.25, 0.3) is 0 Å². The Kier molecular flexibility index (Phi) is 3.71. The van der Waals surface area contributed by atoms with Gasteiger partial charge in [0, 0.05) is 6.00 Å². The van der Waals surface area contributed by atoms with Crippen LogP contribution < -0.4 is 0 Å². The molecule has 1 saturated heterocycles. The van der Waals surface area contributed by atoms with Crippen LogP contribution in [-0.4, -0.2) is 58.8 Å². The highest BCUT2D eigenvalue weighted by Crippen LogP contribution is 2.41. The Hall–Kier alpha value is 0.0549. The summed E-state index contributed by atoms with van der Waals surface area (Å²) in [6, 6.07) is -1.12. The zero-order chi connectivity index (χ0) is 10.9. The lowest BCUT2D eigenvalue weighted by Gasteiger charge is -2.19. The van der Waals surface area contributed by atoms with Crippen LogP contribution in [0.5, 0.6) is 0 Å². The van der Waals surface area contributed by atoms with Gasteiger partial charge < -0.3 is 24.7 Å². The van der Waals surface area contributed by atoms with Crippen molar-refractivity contribution in [1.82, 2.24) is 0 Å². The van der Waals surface area contributed by atoms with Gasteiger partial charge in [0.1, 0.15) is 26.2 Å². The van der Waals surface area contributed by atoms with Crippen molar-refractivity contribution in [3.05, 3.63) is 0 Å². The van der Waals surface area contributed by atoms with Gasteiger partial charge in [0.15, 0.2) is 0 Å². The van der Waals surface area contributed by atoms with E-state index in [0.717, 1.165) is 0 Å². The molecule has 0 aliphatic carbocycles.